The SMILES string of the molecule is C=CCn1c(=NC(=O)c2nccn2C)sc2cc(C)ccc21. The largest absolute Gasteiger partial charge is 0.330 e. The summed E-state index contributed by atoms with van der Waals surface area (Å²) in [7, 11) is 1.78. The Morgan fingerprint density at radius 1 is 1.50 bits per heavy atom. The smallest absolute Gasteiger partial charge is 0.315 e. The summed E-state index contributed by atoms with van der Waals surface area (Å²) in [6.45, 7) is 6.44. The van der Waals surface area contributed by atoms with Crippen LogP contribution in [0.25, 0.3) is 10.2 Å². The Labute approximate surface area is 131 Å². The molecule has 3 aromatic rings. The lowest BCUT2D eigenvalue weighted by Crippen LogP contribution is -2.17. The molecule has 0 spiro atoms. The van der Waals surface area contributed by atoms with Crippen molar-refractivity contribution in [2.24, 2.45) is 12.0 Å². The van der Waals surface area contributed by atoms with Crippen LogP contribution in [0.1, 0.15) is 16.2 Å². The Balaban J connectivity index is 2.19. The van der Waals surface area contributed by atoms with Crippen molar-refractivity contribution in [2.45, 2.75) is 13.5 Å². The summed E-state index contributed by atoms with van der Waals surface area (Å²) in [5.74, 6) is -0.00706. The van der Waals surface area contributed by atoms with Crippen LogP contribution in [-0.4, -0.2) is 20.0 Å². The van der Waals surface area contributed by atoms with Crippen molar-refractivity contribution in [3.63, 3.8) is 0 Å². The molecular weight excluding hydrogens is 296 g/mol. The van der Waals surface area contributed by atoms with Crippen LogP contribution in [0.2, 0.25) is 0 Å². The second-order valence-corrected chi connectivity index (χ2v) is 6.04. The number of nitrogens with zero attached hydrogens (tertiary/aromatic N) is 4. The van der Waals surface area contributed by atoms with Gasteiger partial charge in [-0.2, -0.15) is 4.99 Å². The Morgan fingerprint density at radius 3 is 3.00 bits per heavy atom. The van der Waals surface area contributed by atoms with Gasteiger partial charge in [0.15, 0.2) is 4.80 Å². The highest BCUT2D eigenvalue weighted by Crippen LogP contribution is 2.19. The maximum absolute atomic E-state index is 12.3. The first-order valence-corrected chi connectivity index (χ1v) is 7.69. The molecule has 6 heteroatoms. The van der Waals surface area contributed by atoms with Crippen LogP contribution in [0, 0.1) is 6.92 Å². The summed E-state index contributed by atoms with van der Waals surface area (Å²) in [4.78, 5) is 21.3. The monoisotopic (exact) mass is 312 g/mol. The molecule has 2 aromatic heterocycles. The van der Waals surface area contributed by atoms with Gasteiger partial charge in [-0.15, -0.1) is 6.58 Å². The Morgan fingerprint density at radius 2 is 2.32 bits per heavy atom. The molecule has 0 aliphatic heterocycles. The van der Waals surface area contributed by atoms with Crippen molar-refractivity contribution >= 4 is 27.5 Å². The van der Waals surface area contributed by atoms with Crippen LogP contribution in [0.4, 0.5) is 0 Å². The topological polar surface area (TPSA) is 52.2 Å². The second-order valence-electron chi connectivity index (χ2n) is 5.03. The molecule has 22 heavy (non-hydrogen) atoms. The van der Waals surface area contributed by atoms with Crippen LogP contribution >= 0.6 is 11.3 Å². The first kappa shape index (κ1) is 14.5. The minimum Gasteiger partial charge on any atom is -0.330 e. The number of hydrogen-bond donors (Lipinski definition) is 0. The fraction of sp³-hybridized carbons (Fsp3) is 0.188. The highest BCUT2D eigenvalue weighted by molar-refractivity contribution is 7.16. The molecule has 0 bridgehead atoms. The lowest BCUT2D eigenvalue weighted by Gasteiger charge is -2.01. The molecule has 0 saturated heterocycles. The highest BCUT2D eigenvalue weighted by Gasteiger charge is 2.11. The number of amides is 1. The molecule has 1 amide bonds. The van der Waals surface area contributed by atoms with Crippen LogP contribution in [0.15, 0.2) is 48.2 Å². The van der Waals surface area contributed by atoms with Gasteiger partial charge in [-0.25, -0.2) is 4.98 Å². The molecule has 3 rings (SSSR count). The average molecular weight is 312 g/mol. The molecule has 112 valence electrons. The Hall–Kier alpha value is -2.47. The molecule has 1 aromatic carbocycles. The summed E-state index contributed by atoms with van der Waals surface area (Å²) < 4.78 is 4.77. The molecule has 2 heterocycles. The number of thiazole rings is 1. The minimum atomic E-state index is -0.339. The van der Waals surface area contributed by atoms with Gasteiger partial charge in [0.2, 0.25) is 5.82 Å². The predicted octanol–water partition coefficient (Wildman–Crippen LogP) is 2.67. The van der Waals surface area contributed by atoms with Gasteiger partial charge in [0, 0.05) is 26.0 Å². The number of allylic oxidation sites excluding steroid dienone is 1. The van der Waals surface area contributed by atoms with Crippen LogP contribution < -0.4 is 4.80 Å². The van der Waals surface area contributed by atoms with Crippen molar-refractivity contribution in [2.75, 3.05) is 0 Å². The van der Waals surface area contributed by atoms with E-state index in [-0.39, 0.29) is 5.91 Å². The molecule has 0 fully saturated rings. The molecule has 0 atom stereocenters. The molecule has 0 aliphatic rings. The van der Waals surface area contributed by atoms with Crippen molar-refractivity contribution in [1.82, 2.24) is 14.1 Å². The van der Waals surface area contributed by atoms with E-state index in [4.69, 9.17) is 0 Å². The van der Waals surface area contributed by atoms with Gasteiger partial charge in [-0.1, -0.05) is 23.5 Å². The zero-order valence-electron chi connectivity index (χ0n) is 12.5. The number of rotatable bonds is 3. The van der Waals surface area contributed by atoms with Crippen LogP contribution in [0.5, 0.6) is 0 Å². The standard InChI is InChI=1S/C16H16N4OS/c1-4-8-20-12-6-5-11(2)10-13(12)22-16(20)18-15(21)14-17-7-9-19(14)3/h4-7,9-10H,1,8H2,2-3H3. The van der Waals surface area contributed by atoms with Crippen LogP contribution in [0.3, 0.4) is 0 Å². The van der Waals surface area contributed by atoms with E-state index in [2.05, 4.69) is 34.8 Å². The van der Waals surface area contributed by atoms with E-state index < -0.39 is 0 Å². The number of carbonyl (C=O) groups is 1. The second kappa shape index (κ2) is 5.73. The molecule has 0 unspecified atom stereocenters. The van der Waals surface area contributed by atoms with E-state index in [1.54, 1.807) is 30.1 Å². The molecular formula is C16H16N4OS. The average Bonchev–Trinajstić information content (AvgIpc) is 3.03. The van der Waals surface area contributed by atoms with Gasteiger partial charge in [0.25, 0.3) is 0 Å². The van der Waals surface area contributed by atoms with Crippen LogP contribution in [-0.2, 0) is 13.6 Å². The summed E-state index contributed by atoms with van der Waals surface area (Å²) in [5, 5.41) is 0. The van der Waals surface area contributed by atoms with E-state index >= 15 is 0 Å². The maximum Gasteiger partial charge on any atom is 0.315 e. The van der Waals surface area contributed by atoms with E-state index in [0.29, 0.717) is 17.2 Å². The quantitative estimate of drug-likeness (QED) is 0.698. The fourth-order valence-electron chi connectivity index (χ4n) is 2.28. The van der Waals surface area contributed by atoms with E-state index in [0.717, 1.165) is 10.2 Å². The highest BCUT2D eigenvalue weighted by atomic mass is 32.1. The number of aryl methyl sites for hydroxylation is 2. The van der Waals surface area contributed by atoms with Crippen molar-refractivity contribution < 1.29 is 4.79 Å². The summed E-state index contributed by atoms with van der Waals surface area (Å²) >= 11 is 1.50. The van der Waals surface area contributed by atoms with Crippen molar-refractivity contribution in [3.8, 4) is 0 Å². The summed E-state index contributed by atoms with van der Waals surface area (Å²) in [5.41, 5.74) is 2.24. The zero-order valence-corrected chi connectivity index (χ0v) is 13.3. The third-order valence-corrected chi connectivity index (χ3v) is 4.40. The molecule has 0 radical (unpaired) electrons. The van der Waals surface area contributed by atoms with E-state index in [1.165, 1.54) is 16.9 Å². The first-order valence-electron chi connectivity index (χ1n) is 6.87. The number of aromatic nitrogens is 3. The normalized spacial score (nSPS) is 12.0. The third-order valence-electron chi connectivity index (χ3n) is 3.36. The number of carbonyl (C=O) groups excluding carboxylic acids is 1. The van der Waals surface area contributed by atoms with Gasteiger partial charge in [-0.3, -0.25) is 4.79 Å². The molecule has 0 N–H and O–H groups in total. The number of benzene rings is 1. The van der Waals surface area contributed by atoms with E-state index in [1.807, 2.05) is 11.5 Å². The number of imidazole rings is 1. The third kappa shape index (κ3) is 2.53. The minimum absolute atomic E-state index is 0.332. The number of hydrogen-bond acceptors (Lipinski definition) is 3. The van der Waals surface area contributed by atoms with Crippen molar-refractivity contribution in [1.29, 1.82) is 0 Å². The maximum atomic E-state index is 12.3. The van der Waals surface area contributed by atoms with E-state index in [9.17, 15) is 4.79 Å². The molecule has 0 saturated carbocycles. The Bertz CT molecular complexity index is 929. The lowest BCUT2D eigenvalue weighted by molar-refractivity contribution is 0.0985. The van der Waals surface area contributed by atoms with Gasteiger partial charge >= 0.3 is 5.91 Å². The summed E-state index contributed by atoms with van der Waals surface area (Å²) in [6, 6.07) is 6.21. The van der Waals surface area contributed by atoms with Gasteiger partial charge < -0.3 is 9.13 Å². The first-order chi connectivity index (χ1) is 10.6. The predicted molar refractivity (Wildman–Crippen MR) is 87.9 cm³/mol. The van der Waals surface area contributed by atoms with Gasteiger partial charge in [0.1, 0.15) is 0 Å². The molecule has 5 nitrogen and oxygen atoms in total. The molecule has 0 aliphatic carbocycles. The number of fused-ring (bicyclic) bond motifs is 1. The Kier molecular flexibility index (Phi) is 3.77. The van der Waals surface area contributed by atoms with Gasteiger partial charge in [-0.05, 0) is 24.6 Å². The zero-order chi connectivity index (χ0) is 15.7. The van der Waals surface area contributed by atoms with Crippen molar-refractivity contribution in [3.05, 3.63) is 59.4 Å². The van der Waals surface area contributed by atoms with Gasteiger partial charge in [0.05, 0.1) is 10.2 Å². The fourth-order valence-corrected chi connectivity index (χ4v) is 3.42. The summed E-state index contributed by atoms with van der Waals surface area (Å²) in [6.07, 6.45) is 5.12. The lowest BCUT2D eigenvalue weighted by atomic mass is 10.2.